The van der Waals surface area contributed by atoms with Crippen LogP contribution in [0.1, 0.15) is 7.13 Å². The second-order valence-corrected chi connectivity index (χ2v) is 0. The van der Waals surface area contributed by atoms with Gasteiger partial charge >= 0.3 is 90.3 Å². The maximum Gasteiger partial charge on any atom is 2.00 e. The van der Waals surface area contributed by atoms with E-state index in [2.05, 4.69) is 0 Å². The maximum atomic E-state index is 0. The molecular weight excluding hydrogens is 154 g/mol. The average molecular weight is 163 g/mol. The molecule has 0 aliphatic heterocycles. The molecule has 0 heterocycles. The fraction of sp³-hybridized carbons (Fsp3) is 0. The van der Waals surface area contributed by atoms with Crippen molar-refractivity contribution in [3.8, 4) is 0 Å². The average Bonchev–Trinajstić information content (AvgIpc) is 0. The number of hydrogen-bond acceptors (Lipinski definition) is 0. The summed E-state index contributed by atoms with van der Waals surface area (Å²) in [5.41, 5.74) is 0. The van der Waals surface area contributed by atoms with Crippen LogP contribution in [0.5, 0.6) is 0 Å². The summed E-state index contributed by atoms with van der Waals surface area (Å²) in [5.74, 6) is 0. The molecule has 0 saturated heterocycles. The molecule has 0 saturated carbocycles. The molecule has 0 fully saturated rings. The quantitative estimate of drug-likeness (QED) is 0.269. The Morgan fingerprint density at radius 2 is 1.20 bits per heavy atom. The van der Waals surface area contributed by atoms with Gasteiger partial charge in [0.1, 0.15) is 0 Å². The zero-order chi connectivity index (χ0) is 0. The van der Waals surface area contributed by atoms with Crippen LogP contribution < -0.4 is 29.6 Å². The molecule has 0 rings (SSSR count). The second-order valence-electron chi connectivity index (χ2n) is 0. The van der Waals surface area contributed by atoms with Crippen LogP contribution in [0.3, 0.4) is 0 Å². The normalized spacial score (nSPS) is 0. The van der Waals surface area contributed by atoms with E-state index in [4.69, 9.17) is 0 Å². The number of halogens is 1. The fourth-order valence-corrected chi connectivity index (χ4v) is 0. The molecule has 0 amide bonds. The first-order valence-corrected chi connectivity index (χ1v) is 0. The summed E-state index contributed by atoms with van der Waals surface area (Å²) in [6, 6.07) is 0. The van der Waals surface area contributed by atoms with Crippen molar-refractivity contribution in [1.82, 2.24) is 0 Å². The van der Waals surface area contributed by atoms with E-state index in [1.165, 1.54) is 0 Å². The van der Waals surface area contributed by atoms with E-state index >= 15 is 0 Å². The summed E-state index contributed by atoms with van der Waals surface area (Å²) in [4.78, 5) is 0. The summed E-state index contributed by atoms with van der Waals surface area (Å²) in [7, 11) is 0. The Kier molecular flexibility index (Phi) is 188. The molecule has 0 radical (unpaired) electrons. The van der Waals surface area contributed by atoms with E-state index in [1.54, 1.807) is 0 Å². The van der Waals surface area contributed by atoms with Gasteiger partial charge in [-0.2, -0.15) is 9.90 Å². The first kappa shape index (κ1) is 37.4. The van der Waals surface area contributed by atoms with Gasteiger partial charge in [-0.05, 0) is 0 Å². The molecular formula is H9CaClMgNaP. The van der Waals surface area contributed by atoms with Crippen LogP contribution in [0, 0.1) is 0 Å². The molecule has 0 aromatic carbocycles. The Morgan fingerprint density at radius 1 is 1.20 bits per heavy atom. The van der Waals surface area contributed by atoms with Crippen molar-refractivity contribution in [3.05, 3.63) is 0 Å². The Morgan fingerprint density at radius 3 is 1.20 bits per heavy atom. The fourth-order valence-electron chi connectivity index (χ4n) is 0. The van der Waals surface area contributed by atoms with Gasteiger partial charge in [0.15, 0.2) is 0 Å². The molecule has 0 nitrogen and oxygen atoms in total. The van der Waals surface area contributed by atoms with Crippen molar-refractivity contribution >= 4 is 83.1 Å². The minimum atomic E-state index is 0. The van der Waals surface area contributed by atoms with Gasteiger partial charge in [0.05, 0.1) is 0 Å². The predicted molar refractivity (Wildman–Crippen MR) is 35.4 cm³/mol. The third-order valence-corrected chi connectivity index (χ3v) is 0. The summed E-state index contributed by atoms with van der Waals surface area (Å²) in [5, 5.41) is 0. The van der Waals surface area contributed by atoms with E-state index in [0.29, 0.717) is 0 Å². The number of hydrogen-bond donors (Lipinski definition) is 0. The summed E-state index contributed by atoms with van der Waals surface area (Å²) in [6.45, 7) is 0. The van der Waals surface area contributed by atoms with Crippen LogP contribution in [0.2, 0.25) is 0 Å². The number of rotatable bonds is 0. The first-order valence-electron chi connectivity index (χ1n) is 0. The molecule has 0 aliphatic carbocycles. The molecule has 0 aromatic rings. The Balaban J connectivity index is 0. The third kappa shape index (κ3) is 18.2. The van der Waals surface area contributed by atoms with E-state index < -0.39 is 0 Å². The Hall–Kier alpha value is 3.75. The second kappa shape index (κ2) is 25.1. The monoisotopic (exact) mass is 162 g/mol. The van der Waals surface area contributed by atoms with Gasteiger partial charge in [-0.3, -0.25) is 0 Å². The van der Waals surface area contributed by atoms with Crippen molar-refractivity contribution in [2.45, 2.75) is 0 Å². The molecule has 5 heteroatoms. The smallest absolute Gasteiger partial charge is 1.00 e. The molecule has 26 valence electrons. The van der Waals surface area contributed by atoms with Gasteiger partial charge in [-0.25, -0.2) is 0 Å². The largest absolute Gasteiger partial charge is 2.00 e. The van der Waals surface area contributed by atoms with Gasteiger partial charge in [0.25, 0.3) is 0 Å². The Labute approximate surface area is 117 Å². The third-order valence-electron chi connectivity index (χ3n) is 0. The van der Waals surface area contributed by atoms with Gasteiger partial charge < -0.3 is 7.13 Å². The molecule has 0 aromatic heterocycles. The minimum Gasteiger partial charge on any atom is -1.00 e. The van der Waals surface area contributed by atoms with Gasteiger partial charge in [-0.15, -0.1) is 12.4 Å². The van der Waals surface area contributed by atoms with Gasteiger partial charge in [0, 0.05) is 0 Å². The van der Waals surface area contributed by atoms with Crippen LogP contribution in [-0.4, -0.2) is 60.8 Å². The van der Waals surface area contributed by atoms with E-state index in [0.717, 1.165) is 0 Å². The summed E-state index contributed by atoms with van der Waals surface area (Å²) >= 11 is 0. The molecule has 1 atom stereocenters. The van der Waals surface area contributed by atoms with Crippen LogP contribution >= 0.6 is 22.3 Å². The van der Waals surface area contributed by atoms with Crippen LogP contribution in [0.25, 0.3) is 0 Å². The van der Waals surface area contributed by atoms with E-state index in [9.17, 15) is 0 Å². The van der Waals surface area contributed by atoms with Crippen LogP contribution in [0.15, 0.2) is 0 Å². The van der Waals surface area contributed by atoms with Crippen molar-refractivity contribution in [3.63, 3.8) is 0 Å². The van der Waals surface area contributed by atoms with Crippen LogP contribution in [0.4, 0.5) is 0 Å². The predicted octanol–water partition coefficient (Wildman–Crippen LogP) is -2.72. The van der Waals surface area contributed by atoms with E-state index in [-0.39, 0.29) is 120 Å². The van der Waals surface area contributed by atoms with Crippen molar-refractivity contribution in [1.29, 1.82) is 0 Å². The zero-order valence-corrected chi connectivity index (χ0v) is 11.4. The summed E-state index contributed by atoms with van der Waals surface area (Å²) < 4.78 is 0. The Bertz CT molecular complexity index is 21.6. The molecule has 0 spiro atoms. The molecule has 0 N–H and O–H groups in total. The van der Waals surface area contributed by atoms with Crippen molar-refractivity contribution in [2.75, 3.05) is 0 Å². The minimum absolute atomic E-state index is 0. The zero-order valence-electron chi connectivity index (χ0n) is 8.53. The van der Waals surface area contributed by atoms with Crippen molar-refractivity contribution < 1.29 is 36.7 Å². The topological polar surface area (TPSA) is 0 Å². The van der Waals surface area contributed by atoms with Crippen molar-refractivity contribution in [2.24, 2.45) is 0 Å². The standard InChI is InChI=1S/Ca.ClH.Mg.Na.H3P.5H/h;1H;;;1H3;;;;;/q+2;;+2;+1;;5*-1. The first-order chi connectivity index (χ1) is 0. The molecule has 0 aliphatic rings. The molecule has 1 unspecified atom stereocenters. The SMILES string of the molecule is Cl.P.[Ca+2].[H-].[H-].[H-].[H-].[H-].[Mg+2].[Na+]. The molecule has 5 heavy (non-hydrogen) atoms. The summed E-state index contributed by atoms with van der Waals surface area (Å²) in [6.07, 6.45) is 0. The van der Waals surface area contributed by atoms with Gasteiger partial charge in [0.2, 0.25) is 0 Å². The molecule has 0 bridgehead atoms. The van der Waals surface area contributed by atoms with Crippen LogP contribution in [-0.2, 0) is 0 Å². The maximum absolute atomic E-state index is 0. The van der Waals surface area contributed by atoms with Gasteiger partial charge in [-0.1, -0.05) is 0 Å². The van der Waals surface area contributed by atoms with E-state index in [1.807, 2.05) is 0 Å².